The molecule has 3 nitrogen and oxygen atoms in total. The van der Waals surface area contributed by atoms with Crippen LogP contribution in [0.25, 0.3) is 0 Å². The second-order valence-corrected chi connectivity index (χ2v) is 7.07. The molecule has 1 N–H and O–H groups in total. The summed E-state index contributed by atoms with van der Waals surface area (Å²) in [6.07, 6.45) is 1.08. The summed E-state index contributed by atoms with van der Waals surface area (Å²) in [6, 6.07) is 0.0181. The highest BCUT2D eigenvalue weighted by molar-refractivity contribution is 5.84. The fourth-order valence-corrected chi connectivity index (χ4v) is 2.32. The molecule has 1 rings (SSSR count). The Labute approximate surface area is 112 Å². The van der Waals surface area contributed by atoms with E-state index in [2.05, 4.69) is 58.7 Å². The number of hydrogen-bond acceptors (Lipinski definition) is 2. The van der Waals surface area contributed by atoms with E-state index in [1.165, 1.54) is 0 Å². The Bertz CT molecular complexity index is 293. The predicted octanol–water partition coefficient (Wildman–Crippen LogP) is 2.86. The van der Waals surface area contributed by atoms with Crippen LogP contribution in [0.3, 0.4) is 0 Å². The van der Waals surface area contributed by atoms with Crippen molar-refractivity contribution in [2.45, 2.75) is 67.1 Å². The van der Waals surface area contributed by atoms with Crippen LogP contribution in [0.15, 0.2) is 0 Å². The second kappa shape index (κ2) is 5.60. The van der Waals surface area contributed by atoms with E-state index < -0.39 is 0 Å². The van der Waals surface area contributed by atoms with Crippen molar-refractivity contribution in [3.05, 3.63) is 0 Å². The SMILES string of the molecule is CCC1NC(C(C)C)N(CC(C)C(C)(C)C)C1=O. The molecule has 0 saturated carbocycles. The number of nitrogens with zero attached hydrogens (tertiary/aromatic N) is 1. The van der Waals surface area contributed by atoms with Gasteiger partial charge in [-0.1, -0.05) is 48.5 Å². The van der Waals surface area contributed by atoms with Gasteiger partial charge in [-0.15, -0.1) is 0 Å². The molecule has 106 valence electrons. The molecule has 0 aliphatic carbocycles. The van der Waals surface area contributed by atoms with E-state index in [0.717, 1.165) is 13.0 Å². The minimum absolute atomic E-state index is 0.0181. The Kier molecular flexibility index (Phi) is 4.82. The third kappa shape index (κ3) is 3.25. The van der Waals surface area contributed by atoms with Gasteiger partial charge in [-0.3, -0.25) is 10.1 Å². The first-order chi connectivity index (χ1) is 8.18. The maximum atomic E-state index is 12.4. The highest BCUT2D eigenvalue weighted by atomic mass is 16.2. The molecule has 1 fully saturated rings. The number of amides is 1. The van der Waals surface area contributed by atoms with Gasteiger partial charge in [-0.25, -0.2) is 0 Å². The van der Waals surface area contributed by atoms with Crippen LogP contribution in [-0.2, 0) is 4.79 Å². The van der Waals surface area contributed by atoms with E-state index in [0.29, 0.717) is 11.8 Å². The molecule has 1 aliphatic heterocycles. The van der Waals surface area contributed by atoms with Gasteiger partial charge in [0.15, 0.2) is 0 Å². The zero-order valence-electron chi connectivity index (χ0n) is 13.1. The monoisotopic (exact) mass is 254 g/mol. The summed E-state index contributed by atoms with van der Waals surface area (Å²) < 4.78 is 0. The number of carbonyl (C=O) groups is 1. The van der Waals surface area contributed by atoms with Crippen molar-refractivity contribution < 1.29 is 4.79 Å². The van der Waals surface area contributed by atoms with Gasteiger partial charge < -0.3 is 4.90 Å². The van der Waals surface area contributed by atoms with Crippen LogP contribution in [0, 0.1) is 17.3 Å². The highest BCUT2D eigenvalue weighted by Crippen LogP contribution is 2.29. The lowest BCUT2D eigenvalue weighted by Gasteiger charge is -2.35. The van der Waals surface area contributed by atoms with Crippen LogP contribution in [0.4, 0.5) is 0 Å². The van der Waals surface area contributed by atoms with Crippen LogP contribution >= 0.6 is 0 Å². The summed E-state index contributed by atoms with van der Waals surface area (Å²) in [7, 11) is 0. The molecule has 1 amide bonds. The van der Waals surface area contributed by atoms with Gasteiger partial charge >= 0.3 is 0 Å². The third-order valence-electron chi connectivity index (χ3n) is 4.28. The molecule has 0 aromatic heterocycles. The van der Waals surface area contributed by atoms with E-state index in [9.17, 15) is 4.79 Å². The van der Waals surface area contributed by atoms with Gasteiger partial charge in [0.25, 0.3) is 0 Å². The van der Waals surface area contributed by atoms with Crippen molar-refractivity contribution in [2.24, 2.45) is 17.3 Å². The average molecular weight is 254 g/mol. The predicted molar refractivity (Wildman–Crippen MR) is 76.2 cm³/mol. The summed E-state index contributed by atoms with van der Waals surface area (Å²) in [6.45, 7) is 16.3. The summed E-state index contributed by atoms with van der Waals surface area (Å²) >= 11 is 0. The second-order valence-electron chi connectivity index (χ2n) is 7.07. The first kappa shape index (κ1) is 15.5. The molecule has 0 bridgehead atoms. The number of rotatable bonds is 4. The van der Waals surface area contributed by atoms with Crippen molar-refractivity contribution in [1.82, 2.24) is 10.2 Å². The van der Waals surface area contributed by atoms with Crippen LogP contribution in [-0.4, -0.2) is 29.6 Å². The van der Waals surface area contributed by atoms with Crippen LogP contribution in [0.1, 0.15) is 54.9 Å². The van der Waals surface area contributed by atoms with Crippen LogP contribution in [0.2, 0.25) is 0 Å². The number of carbonyl (C=O) groups excluding carboxylic acids is 1. The van der Waals surface area contributed by atoms with Crippen molar-refractivity contribution in [3.63, 3.8) is 0 Å². The maximum absolute atomic E-state index is 12.4. The summed E-state index contributed by atoms with van der Waals surface area (Å²) in [4.78, 5) is 14.4. The summed E-state index contributed by atoms with van der Waals surface area (Å²) in [5.74, 6) is 1.24. The summed E-state index contributed by atoms with van der Waals surface area (Å²) in [5.41, 5.74) is 0.242. The van der Waals surface area contributed by atoms with Crippen molar-refractivity contribution in [3.8, 4) is 0 Å². The Balaban J connectivity index is 2.80. The third-order valence-corrected chi connectivity index (χ3v) is 4.28. The molecule has 1 heterocycles. The molecule has 18 heavy (non-hydrogen) atoms. The minimum atomic E-state index is 0.0181. The van der Waals surface area contributed by atoms with E-state index in [4.69, 9.17) is 0 Å². The van der Waals surface area contributed by atoms with E-state index in [1.807, 2.05) is 0 Å². The Morgan fingerprint density at radius 1 is 1.28 bits per heavy atom. The average Bonchev–Trinajstić information content (AvgIpc) is 2.55. The molecule has 0 radical (unpaired) electrons. The molecule has 0 spiro atoms. The lowest BCUT2D eigenvalue weighted by molar-refractivity contribution is -0.131. The first-order valence-electron chi connectivity index (χ1n) is 7.25. The van der Waals surface area contributed by atoms with Crippen LogP contribution < -0.4 is 5.32 Å². The Morgan fingerprint density at radius 3 is 2.22 bits per heavy atom. The summed E-state index contributed by atoms with van der Waals surface area (Å²) in [5, 5.41) is 3.47. The van der Waals surface area contributed by atoms with E-state index in [-0.39, 0.29) is 23.5 Å². The zero-order chi connectivity index (χ0) is 14.1. The smallest absolute Gasteiger partial charge is 0.241 e. The molecule has 1 aliphatic rings. The van der Waals surface area contributed by atoms with Gasteiger partial charge in [-0.2, -0.15) is 0 Å². The lowest BCUT2D eigenvalue weighted by atomic mass is 9.81. The van der Waals surface area contributed by atoms with Gasteiger partial charge in [-0.05, 0) is 23.7 Å². The largest absolute Gasteiger partial charge is 0.325 e. The maximum Gasteiger partial charge on any atom is 0.241 e. The molecular formula is C15H30N2O. The standard InChI is InChI=1S/C15H30N2O/c1-8-12-14(18)17(13(16-12)10(2)3)9-11(4)15(5,6)7/h10-13,16H,8-9H2,1-7H3. The van der Waals surface area contributed by atoms with Gasteiger partial charge in [0.05, 0.1) is 12.2 Å². The van der Waals surface area contributed by atoms with Gasteiger partial charge in [0.2, 0.25) is 5.91 Å². The molecular weight excluding hydrogens is 224 g/mol. The highest BCUT2D eigenvalue weighted by Gasteiger charge is 2.40. The van der Waals surface area contributed by atoms with Gasteiger partial charge in [0, 0.05) is 6.54 Å². The van der Waals surface area contributed by atoms with E-state index in [1.54, 1.807) is 0 Å². The molecule has 0 aromatic carbocycles. The van der Waals surface area contributed by atoms with Crippen molar-refractivity contribution in [2.75, 3.05) is 6.54 Å². The fraction of sp³-hybridized carbons (Fsp3) is 0.933. The van der Waals surface area contributed by atoms with Crippen molar-refractivity contribution in [1.29, 1.82) is 0 Å². The number of nitrogens with one attached hydrogen (secondary N) is 1. The lowest BCUT2D eigenvalue weighted by Crippen LogP contribution is -2.45. The normalized spacial score (nSPS) is 27.1. The van der Waals surface area contributed by atoms with Crippen molar-refractivity contribution >= 4 is 5.91 Å². The molecule has 1 saturated heterocycles. The quantitative estimate of drug-likeness (QED) is 0.836. The Morgan fingerprint density at radius 2 is 1.83 bits per heavy atom. The molecule has 3 heteroatoms. The van der Waals surface area contributed by atoms with E-state index >= 15 is 0 Å². The zero-order valence-corrected chi connectivity index (χ0v) is 13.1. The molecule has 3 unspecified atom stereocenters. The topological polar surface area (TPSA) is 32.3 Å². The fourth-order valence-electron chi connectivity index (χ4n) is 2.32. The molecule has 0 aromatic rings. The van der Waals surface area contributed by atoms with Gasteiger partial charge in [0.1, 0.15) is 0 Å². The number of hydrogen-bond donors (Lipinski definition) is 1. The van der Waals surface area contributed by atoms with Crippen LogP contribution in [0.5, 0.6) is 0 Å². The first-order valence-corrected chi connectivity index (χ1v) is 7.25. The minimum Gasteiger partial charge on any atom is -0.325 e. The molecule has 3 atom stereocenters. The Hall–Kier alpha value is -0.570.